The Kier molecular flexibility index (Phi) is 9.22. The zero-order chi connectivity index (χ0) is 28.5. The zero-order valence-corrected chi connectivity index (χ0v) is 22.1. The fraction of sp³-hybridized carbons (Fsp3) is 0.286. The number of carbonyl (C=O) groups is 1. The van der Waals surface area contributed by atoms with Crippen molar-refractivity contribution >= 4 is 34.3 Å². The Morgan fingerprint density at radius 3 is 2.55 bits per heavy atom. The minimum absolute atomic E-state index is 0.0909. The molecule has 0 aliphatic heterocycles. The number of nitrogens with one attached hydrogen (secondary N) is 3. The number of benzene rings is 2. The second-order valence-electron chi connectivity index (χ2n) is 9.16. The average Bonchev–Trinajstić information content (AvgIpc) is 2.95. The number of amides is 1. The molecule has 4 aromatic rings. The van der Waals surface area contributed by atoms with Gasteiger partial charge in [-0.1, -0.05) is 24.3 Å². The second-order valence-corrected chi connectivity index (χ2v) is 9.16. The van der Waals surface area contributed by atoms with Gasteiger partial charge >= 0.3 is 0 Å². The smallest absolute Gasteiger partial charge is 0.268 e. The maximum Gasteiger partial charge on any atom is 0.268 e. The molecule has 0 atom stereocenters. The molecule has 1 amide bonds. The van der Waals surface area contributed by atoms with Crippen LogP contribution in [0.4, 0.5) is 17.5 Å². The number of anilines is 3. The topological polar surface area (TPSA) is 184 Å². The van der Waals surface area contributed by atoms with Gasteiger partial charge in [0, 0.05) is 31.6 Å². The van der Waals surface area contributed by atoms with Gasteiger partial charge in [-0.25, -0.2) is 15.4 Å². The Morgan fingerprint density at radius 1 is 1.02 bits per heavy atom. The Labute approximate surface area is 230 Å². The first-order valence-corrected chi connectivity index (χ1v) is 13.0. The summed E-state index contributed by atoms with van der Waals surface area (Å²) in [6, 6.07) is 17.0. The summed E-state index contributed by atoms with van der Waals surface area (Å²) in [6.07, 6.45) is 2.58. The minimum Gasteiger partial charge on any atom is -0.384 e. The normalized spacial score (nSPS) is 10.7. The molecule has 6 N–H and O–H groups in total. The number of nitrogens with zero attached hydrogens (tertiary/aromatic N) is 5. The molecule has 206 valence electrons. The van der Waals surface area contributed by atoms with Crippen molar-refractivity contribution in [3.8, 4) is 11.8 Å². The third kappa shape index (κ3) is 6.51. The van der Waals surface area contributed by atoms with Gasteiger partial charge in [-0.05, 0) is 50.5 Å². The molecule has 0 saturated heterocycles. The molecule has 12 heteroatoms. The van der Waals surface area contributed by atoms with Crippen molar-refractivity contribution in [2.45, 2.75) is 39.0 Å². The van der Waals surface area contributed by atoms with E-state index < -0.39 is 5.91 Å². The van der Waals surface area contributed by atoms with Crippen molar-refractivity contribution in [1.29, 1.82) is 5.26 Å². The molecule has 0 unspecified atom stereocenters. The van der Waals surface area contributed by atoms with E-state index in [2.05, 4.69) is 26.7 Å². The summed E-state index contributed by atoms with van der Waals surface area (Å²) >= 11 is 0. The van der Waals surface area contributed by atoms with Crippen molar-refractivity contribution < 1.29 is 10.0 Å². The van der Waals surface area contributed by atoms with Crippen LogP contribution in [0.25, 0.3) is 16.6 Å². The van der Waals surface area contributed by atoms with Gasteiger partial charge in [-0.2, -0.15) is 10.2 Å². The van der Waals surface area contributed by atoms with Crippen LogP contribution >= 0.6 is 0 Å². The monoisotopic (exact) mass is 541 g/mol. The molecule has 4 rings (SSSR count). The van der Waals surface area contributed by atoms with Crippen LogP contribution in [-0.4, -0.2) is 43.7 Å². The van der Waals surface area contributed by atoms with Gasteiger partial charge in [-0.3, -0.25) is 19.4 Å². The molecule has 2 heterocycles. The van der Waals surface area contributed by atoms with Crippen LogP contribution in [0.1, 0.15) is 42.8 Å². The van der Waals surface area contributed by atoms with Gasteiger partial charge in [0.2, 0.25) is 11.9 Å². The van der Waals surface area contributed by atoms with E-state index in [1.807, 2.05) is 48.5 Å². The first-order valence-electron chi connectivity index (χ1n) is 13.0. The zero-order valence-electron chi connectivity index (χ0n) is 22.1. The first-order chi connectivity index (χ1) is 19.4. The third-order valence-corrected chi connectivity index (χ3v) is 6.34. The number of carbonyl (C=O) groups excluding carboxylic acids is 1. The summed E-state index contributed by atoms with van der Waals surface area (Å²) in [7, 11) is 0. The van der Waals surface area contributed by atoms with Gasteiger partial charge in [0.1, 0.15) is 23.3 Å². The van der Waals surface area contributed by atoms with Crippen LogP contribution in [0.2, 0.25) is 0 Å². The number of aromatic nitrogens is 4. The molecule has 2 aromatic heterocycles. The molecule has 0 fully saturated rings. The molecule has 0 aliphatic carbocycles. The number of unbranched alkanes of at least 4 members (excludes halogenated alkanes) is 1. The summed E-state index contributed by atoms with van der Waals surface area (Å²) in [5.41, 5.74) is 10.0. The van der Waals surface area contributed by atoms with Crippen molar-refractivity contribution in [2.75, 3.05) is 29.5 Å². The van der Waals surface area contributed by atoms with E-state index >= 15 is 0 Å². The van der Waals surface area contributed by atoms with E-state index in [1.165, 1.54) is 0 Å². The SMILES string of the molecule is Cc1nc(N)nc(NCCCc2nc3cccc(NCCCCC(=O)NO)c3c(=O)n2-c2ccccc2)c1C#N. The number of hydroxylamine groups is 1. The Bertz CT molecular complexity index is 1600. The minimum atomic E-state index is -0.426. The summed E-state index contributed by atoms with van der Waals surface area (Å²) in [6.45, 7) is 2.73. The Balaban J connectivity index is 1.58. The van der Waals surface area contributed by atoms with Crippen LogP contribution in [0.3, 0.4) is 0 Å². The highest BCUT2D eigenvalue weighted by atomic mass is 16.5. The number of aryl methyl sites for hydroxylation is 2. The summed E-state index contributed by atoms with van der Waals surface area (Å²) < 4.78 is 1.63. The lowest BCUT2D eigenvalue weighted by molar-refractivity contribution is -0.129. The molecule has 12 nitrogen and oxygen atoms in total. The summed E-state index contributed by atoms with van der Waals surface area (Å²) in [4.78, 5) is 38.2. The number of hydrogen-bond acceptors (Lipinski definition) is 10. The molecular weight excluding hydrogens is 510 g/mol. The molecule has 0 aliphatic rings. The fourth-order valence-electron chi connectivity index (χ4n) is 4.43. The van der Waals surface area contributed by atoms with E-state index in [4.69, 9.17) is 15.9 Å². The highest BCUT2D eigenvalue weighted by molar-refractivity contribution is 5.91. The van der Waals surface area contributed by atoms with E-state index in [-0.39, 0.29) is 17.9 Å². The number of nitrogens with two attached hydrogens (primary N) is 1. The van der Waals surface area contributed by atoms with Gasteiger partial charge in [0.25, 0.3) is 5.56 Å². The van der Waals surface area contributed by atoms with Gasteiger partial charge in [0.15, 0.2) is 0 Å². The molecule has 40 heavy (non-hydrogen) atoms. The molecule has 0 saturated carbocycles. The van der Waals surface area contributed by atoms with Crippen LogP contribution in [0, 0.1) is 18.3 Å². The predicted octanol–water partition coefficient (Wildman–Crippen LogP) is 3.07. The van der Waals surface area contributed by atoms with Gasteiger partial charge < -0.3 is 16.4 Å². The van der Waals surface area contributed by atoms with Crippen LogP contribution in [0.15, 0.2) is 53.3 Å². The molecule has 0 bridgehead atoms. The largest absolute Gasteiger partial charge is 0.384 e. The van der Waals surface area contributed by atoms with Crippen molar-refractivity contribution in [3.05, 3.63) is 76.0 Å². The fourth-order valence-corrected chi connectivity index (χ4v) is 4.43. The lowest BCUT2D eigenvalue weighted by atomic mass is 10.1. The first kappa shape index (κ1) is 28.0. The van der Waals surface area contributed by atoms with Crippen molar-refractivity contribution in [3.63, 3.8) is 0 Å². The predicted molar refractivity (Wildman–Crippen MR) is 152 cm³/mol. The number of nitrogen functional groups attached to an aromatic ring is 1. The number of hydrogen-bond donors (Lipinski definition) is 5. The van der Waals surface area contributed by atoms with Crippen LogP contribution in [-0.2, 0) is 11.2 Å². The second kappa shape index (κ2) is 13.2. The molecule has 2 aromatic carbocycles. The van der Waals surface area contributed by atoms with Crippen molar-refractivity contribution in [1.82, 2.24) is 25.0 Å². The Hall–Kier alpha value is -5.02. The number of nitriles is 1. The summed E-state index contributed by atoms with van der Waals surface area (Å²) in [5, 5.41) is 25.0. The standard InChI is InChI=1S/C28H31N9O3/c1-18-20(17-29)26(35-28(30)33-18)32-16-8-13-23-34-22-12-7-11-21(31-15-6-5-14-24(38)36-40)25(22)27(39)37(23)19-9-3-2-4-10-19/h2-4,7,9-12,31,40H,5-6,8,13-16H2,1H3,(H,36,38)(H3,30,32,33,35). The van der Waals surface area contributed by atoms with Crippen LogP contribution in [0.5, 0.6) is 0 Å². The number of fused-ring (bicyclic) bond motifs is 1. The van der Waals surface area contributed by atoms with Gasteiger partial charge in [0.05, 0.1) is 22.3 Å². The quantitative estimate of drug-likeness (QED) is 0.101. The maximum atomic E-state index is 13.9. The average molecular weight is 542 g/mol. The van der Waals surface area contributed by atoms with E-state index in [1.54, 1.807) is 17.0 Å². The third-order valence-electron chi connectivity index (χ3n) is 6.34. The van der Waals surface area contributed by atoms with Crippen molar-refractivity contribution in [2.24, 2.45) is 0 Å². The van der Waals surface area contributed by atoms with E-state index in [0.717, 1.165) is 0 Å². The Morgan fingerprint density at radius 2 is 1.80 bits per heavy atom. The number of para-hydroxylation sites is 1. The van der Waals surface area contributed by atoms with E-state index in [9.17, 15) is 14.9 Å². The number of rotatable bonds is 12. The molecule has 0 radical (unpaired) electrons. The van der Waals surface area contributed by atoms with Crippen LogP contribution < -0.4 is 27.4 Å². The van der Waals surface area contributed by atoms with Gasteiger partial charge in [-0.15, -0.1) is 0 Å². The highest BCUT2D eigenvalue weighted by Crippen LogP contribution is 2.22. The molecule has 0 spiro atoms. The summed E-state index contributed by atoms with van der Waals surface area (Å²) in [5.74, 6) is 0.654. The molecular formula is C28H31N9O3. The van der Waals surface area contributed by atoms with E-state index in [0.29, 0.717) is 84.0 Å². The maximum absolute atomic E-state index is 13.9. The lowest BCUT2D eigenvalue weighted by Crippen LogP contribution is -2.25. The lowest BCUT2D eigenvalue weighted by Gasteiger charge is -2.16. The highest BCUT2D eigenvalue weighted by Gasteiger charge is 2.16.